The van der Waals surface area contributed by atoms with Crippen LogP contribution in [0.4, 0.5) is 14.5 Å². The third-order valence-electron chi connectivity index (χ3n) is 4.15. The Morgan fingerprint density at radius 3 is 2.00 bits per heavy atom. The van der Waals surface area contributed by atoms with Crippen LogP contribution in [-0.4, -0.2) is 11.7 Å². The highest BCUT2D eigenvalue weighted by Gasteiger charge is 2.32. The van der Waals surface area contributed by atoms with Crippen molar-refractivity contribution < 1.29 is 13.6 Å². The van der Waals surface area contributed by atoms with Crippen LogP contribution in [0.15, 0.2) is 89.6 Å². The number of nitrogens with zero attached hydrogens (tertiary/aromatic N) is 2. The van der Waals surface area contributed by atoms with E-state index in [2.05, 4.69) is 4.99 Å². The molecule has 0 saturated heterocycles. The maximum absolute atomic E-state index is 13.3. The molecule has 0 aliphatic carbocycles. The molecule has 0 N–H and O–H groups in total. The monoisotopic (exact) mass is 360 g/mol. The summed E-state index contributed by atoms with van der Waals surface area (Å²) in [5, 5.41) is 0. The van der Waals surface area contributed by atoms with Crippen LogP contribution in [0.5, 0.6) is 0 Å². The predicted octanol–water partition coefficient (Wildman–Crippen LogP) is 4.80. The molecule has 3 aromatic carbocycles. The van der Waals surface area contributed by atoms with Gasteiger partial charge in [-0.05, 0) is 48.0 Å². The largest absolute Gasteiger partial charge is 0.282 e. The van der Waals surface area contributed by atoms with Crippen LogP contribution in [0.3, 0.4) is 0 Å². The fourth-order valence-electron chi connectivity index (χ4n) is 2.84. The van der Waals surface area contributed by atoms with E-state index in [9.17, 15) is 13.6 Å². The second-order valence-corrected chi connectivity index (χ2v) is 6.00. The van der Waals surface area contributed by atoms with Crippen molar-refractivity contribution in [1.82, 2.24) is 0 Å². The number of aliphatic imine (C=N–C) groups is 1. The summed E-state index contributed by atoms with van der Waals surface area (Å²) in [4.78, 5) is 19.0. The minimum Gasteiger partial charge on any atom is -0.266 e. The van der Waals surface area contributed by atoms with Gasteiger partial charge in [0.15, 0.2) is 0 Å². The van der Waals surface area contributed by atoms with Crippen LogP contribution in [0.25, 0.3) is 6.08 Å². The van der Waals surface area contributed by atoms with Gasteiger partial charge in [0.05, 0.1) is 5.69 Å². The molecular formula is C22H14F2N2O. The Labute approximate surface area is 154 Å². The van der Waals surface area contributed by atoms with E-state index in [1.165, 1.54) is 41.3 Å². The number of anilines is 1. The summed E-state index contributed by atoms with van der Waals surface area (Å²) in [6, 6.07) is 20.8. The standard InChI is InChI=1S/C22H14F2N2O/c23-17-8-6-15(7-9-17)14-20-22(27)26(19-12-10-18(24)11-13-19)21(25-20)16-4-2-1-3-5-16/h1-14H/b20-14+. The maximum atomic E-state index is 13.3. The topological polar surface area (TPSA) is 32.7 Å². The lowest BCUT2D eigenvalue weighted by Gasteiger charge is -2.18. The third kappa shape index (κ3) is 3.40. The van der Waals surface area contributed by atoms with Crippen LogP contribution in [0.2, 0.25) is 0 Å². The molecule has 5 heteroatoms. The molecule has 4 rings (SSSR count). The van der Waals surface area contributed by atoms with Gasteiger partial charge < -0.3 is 0 Å². The molecule has 1 amide bonds. The number of halogens is 2. The van der Waals surface area contributed by atoms with E-state index in [4.69, 9.17) is 0 Å². The summed E-state index contributed by atoms with van der Waals surface area (Å²) in [6.07, 6.45) is 1.61. The number of benzene rings is 3. The van der Waals surface area contributed by atoms with Gasteiger partial charge in [0.25, 0.3) is 5.91 Å². The van der Waals surface area contributed by atoms with Crippen LogP contribution >= 0.6 is 0 Å². The number of rotatable bonds is 3. The van der Waals surface area contributed by atoms with Crippen molar-refractivity contribution in [1.29, 1.82) is 0 Å². The van der Waals surface area contributed by atoms with Gasteiger partial charge in [0.2, 0.25) is 0 Å². The van der Waals surface area contributed by atoms with E-state index in [0.29, 0.717) is 17.1 Å². The number of hydrogen-bond donors (Lipinski definition) is 0. The van der Waals surface area contributed by atoms with Gasteiger partial charge in [0.1, 0.15) is 23.2 Å². The molecule has 0 saturated carbocycles. The van der Waals surface area contributed by atoms with Gasteiger partial charge in [-0.1, -0.05) is 42.5 Å². The van der Waals surface area contributed by atoms with E-state index in [1.807, 2.05) is 30.3 Å². The van der Waals surface area contributed by atoms with Gasteiger partial charge in [-0.15, -0.1) is 0 Å². The lowest BCUT2D eigenvalue weighted by atomic mass is 10.1. The first kappa shape index (κ1) is 16.8. The lowest BCUT2D eigenvalue weighted by Crippen LogP contribution is -2.32. The summed E-state index contributed by atoms with van der Waals surface area (Å²) in [6.45, 7) is 0. The predicted molar refractivity (Wildman–Crippen MR) is 101 cm³/mol. The number of amides is 1. The van der Waals surface area contributed by atoms with Gasteiger partial charge in [-0.3, -0.25) is 9.69 Å². The van der Waals surface area contributed by atoms with E-state index in [1.54, 1.807) is 18.2 Å². The van der Waals surface area contributed by atoms with E-state index in [0.717, 1.165) is 5.56 Å². The molecule has 132 valence electrons. The number of amidine groups is 1. The number of carbonyl (C=O) groups is 1. The minimum atomic E-state index is -0.384. The molecule has 0 spiro atoms. The van der Waals surface area contributed by atoms with Crippen LogP contribution in [0, 0.1) is 11.6 Å². The summed E-state index contributed by atoms with van der Waals surface area (Å²) in [5.41, 5.74) is 2.17. The lowest BCUT2D eigenvalue weighted by molar-refractivity contribution is -0.113. The Balaban J connectivity index is 1.80. The maximum Gasteiger partial charge on any atom is 0.282 e. The molecule has 1 heterocycles. The minimum absolute atomic E-state index is 0.227. The van der Waals surface area contributed by atoms with E-state index < -0.39 is 0 Å². The summed E-state index contributed by atoms with van der Waals surface area (Å²) in [7, 11) is 0. The van der Waals surface area contributed by atoms with Crippen LogP contribution in [-0.2, 0) is 4.79 Å². The molecule has 3 aromatic rings. The SMILES string of the molecule is O=C1/C(=C\c2ccc(F)cc2)N=C(c2ccccc2)N1c1ccc(F)cc1. The molecule has 0 unspecified atom stereocenters. The molecule has 3 nitrogen and oxygen atoms in total. The Bertz CT molecular complexity index is 1040. The Morgan fingerprint density at radius 1 is 0.778 bits per heavy atom. The zero-order chi connectivity index (χ0) is 18.8. The van der Waals surface area contributed by atoms with Crippen molar-refractivity contribution in [2.75, 3.05) is 4.90 Å². The van der Waals surface area contributed by atoms with E-state index in [-0.39, 0.29) is 23.2 Å². The summed E-state index contributed by atoms with van der Waals surface area (Å²) in [5.74, 6) is -0.604. The first-order chi connectivity index (χ1) is 13.1. The van der Waals surface area contributed by atoms with Crippen molar-refractivity contribution in [2.24, 2.45) is 4.99 Å². The fourth-order valence-corrected chi connectivity index (χ4v) is 2.84. The summed E-state index contributed by atoms with van der Waals surface area (Å²) >= 11 is 0. The Hall–Kier alpha value is -3.60. The molecule has 0 fully saturated rings. The highest BCUT2D eigenvalue weighted by Crippen LogP contribution is 2.28. The quantitative estimate of drug-likeness (QED) is 0.618. The molecule has 0 aromatic heterocycles. The van der Waals surface area contributed by atoms with Crippen molar-refractivity contribution in [3.05, 3.63) is 107 Å². The zero-order valence-corrected chi connectivity index (χ0v) is 14.1. The smallest absolute Gasteiger partial charge is 0.266 e. The van der Waals surface area contributed by atoms with Gasteiger partial charge in [0, 0.05) is 5.56 Å². The zero-order valence-electron chi connectivity index (χ0n) is 14.1. The number of hydrogen-bond acceptors (Lipinski definition) is 2. The molecule has 0 radical (unpaired) electrons. The van der Waals surface area contributed by atoms with Crippen LogP contribution < -0.4 is 4.90 Å². The molecule has 1 aliphatic rings. The molecule has 1 aliphatic heterocycles. The van der Waals surface area contributed by atoms with Gasteiger partial charge >= 0.3 is 0 Å². The second-order valence-electron chi connectivity index (χ2n) is 6.00. The highest BCUT2D eigenvalue weighted by molar-refractivity contribution is 6.33. The summed E-state index contributed by atoms with van der Waals surface area (Å²) < 4.78 is 26.4. The third-order valence-corrected chi connectivity index (χ3v) is 4.15. The second kappa shape index (κ2) is 6.96. The molecule has 27 heavy (non-hydrogen) atoms. The number of carbonyl (C=O) groups excluding carboxylic acids is 1. The van der Waals surface area contributed by atoms with Crippen molar-refractivity contribution in [3.63, 3.8) is 0 Å². The van der Waals surface area contributed by atoms with Crippen molar-refractivity contribution >= 4 is 23.5 Å². The molecule has 0 atom stereocenters. The van der Waals surface area contributed by atoms with Crippen molar-refractivity contribution in [2.45, 2.75) is 0 Å². The normalized spacial score (nSPS) is 15.3. The van der Waals surface area contributed by atoms with Gasteiger partial charge in [-0.2, -0.15) is 0 Å². The Morgan fingerprint density at radius 2 is 1.37 bits per heavy atom. The average Bonchev–Trinajstić information content (AvgIpc) is 3.01. The first-order valence-electron chi connectivity index (χ1n) is 8.33. The van der Waals surface area contributed by atoms with Gasteiger partial charge in [-0.25, -0.2) is 13.8 Å². The fraction of sp³-hybridized carbons (Fsp3) is 0. The molecular weight excluding hydrogens is 346 g/mol. The average molecular weight is 360 g/mol. The van der Waals surface area contributed by atoms with Crippen LogP contribution in [0.1, 0.15) is 11.1 Å². The Kier molecular flexibility index (Phi) is 4.34. The first-order valence-corrected chi connectivity index (χ1v) is 8.33. The van der Waals surface area contributed by atoms with E-state index >= 15 is 0 Å². The van der Waals surface area contributed by atoms with Crippen molar-refractivity contribution in [3.8, 4) is 0 Å². The highest BCUT2D eigenvalue weighted by atomic mass is 19.1. The molecule has 0 bridgehead atoms.